The first kappa shape index (κ1) is 19.7. The van der Waals surface area contributed by atoms with E-state index >= 15 is 0 Å². The SMILES string of the molecule is O=c1c2ccccc2c(-c2ccc(O)cc2)c(O)n1-c1ccc(S(=O)(=O)CO)cc1. The van der Waals surface area contributed by atoms with Gasteiger partial charge >= 0.3 is 0 Å². The van der Waals surface area contributed by atoms with Crippen molar-refractivity contribution in [3.63, 3.8) is 0 Å². The molecule has 4 rings (SSSR count). The van der Waals surface area contributed by atoms with E-state index in [1.54, 1.807) is 36.4 Å². The van der Waals surface area contributed by atoms with Gasteiger partial charge in [0.05, 0.1) is 16.1 Å². The van der Waals surface area contributed by atoms with Crippen LogP contribution >= 0.6 is 0 Å². The van der Waals surface area contributed by atoms with Crippen LogP contribution in [-0.4, -0.2) is 34.2 Å². The van der Waals surface area contributed by atoms with Crippen LogP contribution in [0.5, 0.6) is 11.6 Å². The van der Waals surface area contributed by atoms with E-state index in [9.17, 15) is 23.4 Å². The van der Waals surface area contributed by atoms with Crippen molar-refractivity contribution in [1.29, 1.82) is 0 Å². The van der Waals surface area contributed by atoms with Gasteiger partial charge in [-0.2, -0.15) is 0 Å². The lowest BCUT2D eigenvalue weighted by molar-refractivity contribution is 0.358. The Bertz CT molecular complexity index is 1410. The molecule has 0 aliphatic carbocycles. The van der Waals surface area contributed by atoms with Crippen LogP contribution in [0.2, 0.25) is 0 Å². The summed E-state index contributed by atoms with van der Waals surface area (Å²) in [6.07, 6.45) is 0. The zero-order valence-electron chi connectivity index (χ0n) is 15.6. The zero-order chi connectivity index (χ0) is 21.5. The first-order chi connectivity index (χ1) is 14.3. The molecule has 0 aliphatic heterocycles. The molecule has 1 aromatic heterocycles. The molecule has 0 fully saturated rings. The fourth-order valence-electron chi connectivity index (χ4n) is 3.37. The van der Waals surface area contributed by atoms with E-state index in [0.717, 1.165) is 4.57 Å². The van der Waals surface area contributed by atoms with Gasteiger partial charge in [-0.1, -0.05) is 30.3 Å². The van der Waals surface area contributed by atoms with Gasteiger partial charge in [0.2, 0.25) is 15.7 Å². The number of aliphatic hydroxyl groups is 1. The predicted octanol–water partition coefficient (Wildman–Crippen LogP) is 2.79. The molecule has 3 aromatic carbocycles. The summed E-state index contributed by atoms with van der Waals surface area (Å²) in [4.78, 5) is 13.0. The molecule has 4 aromatic rings. The van der Waals surface area contributed by atoms with Gasteiger partial charge < -0.3 is 15.3 Å². The Labute approximate surface area is 171 Å². The number of aromatic hydroxyl groups is 2. The van der Waals surface area contributed by atoms with Crippen molar-refractivity contribution >= 4 is 20.6 Å². The number of aromatic nitrogens is 1. The van der Waals surface area contributed by atoms with Gasteiger partial charge in [-0.25, -0.2) is 13.0 Å². The van der Waals surface area contributed by atoms with E-state index in [0.29, 0.717) is 21.9 Å². The maximum atomic E-state index is 13.1. The third-order valence-corrected chi connectivity index (χ3v) is 6.18. The topological polar surface area (TPSA) is 117 Å². The normalized spacial score (nSPS) is 11.6. The molecule has 0 atom stereocenters. The summed E-state index contributed by atoms with van der Waals surface area (Å²) < 4.78 is 24.8. The second kappa shape index (κ2) is 7.33. The van der Waals surface area contributed by atoms with Crippen molar-refractivity contribution in [2.45, 2.75) is 4.90 Å². The second-order valence-corrected chi connectivity index (χ2v) is 8.63. The lowest BCUT2D eigenvalue weighted by Gasteiger charge is -2.16. The molecule has 152 valence electrons. The number of aliphatic hydroxyl groups excluding tert-OH is 1. The Hall–Kier alpha value is -3.62. The van der Waals surface area contributed by atoms with E-state index in [1.165, 1.54) is 36.4 Å². The minimum absolute atomic E-state index is 0.0662. The molecule has 0 aliphatic rings. The number of phenols is 1. The predicted molar refractivity (Wildman–Crippen MR) is 113 cm³/mol. The molecule has 0 saturated heterocycles. The maximum absolute atomic E-state index is 13.1. The van der Waals surface area contributed by atoms with Crippen LogP contribution in [0.25, 0.3) is 27.6 Å². The number of hydrogen-bond acceptors (Lipinski definition) is 6. The minimum atomic E-state index is -3.83. The van der Waals surface area contributed by atoms with Crippen molar-refractivity contribution < 1.29 is 23.7 Å². The number of benzene rings is 3. The lowest BCUT2D eigenvalue weighted by Crippen LogP contribution is -2.19. The molecule has 0 unspecified atom stereocenters. The molecule has 3 N–H and O–H groups in total. The van der Waals surface area contributed by atoms with Crippen LogP contribution in [0, 0.1) is 0 Å². The van der Waals surface area contributed by atoms with Crippen molar-refractivity contribution in [2.75, 3.05) is 5.94 Å². The van der Waals surface area contributed by atoms with Crippen LogP contribution in [-0.2, 0) is 9.84 Å². The zero-order valence-corrected chi connectivity index (χ0v) is 16.4. The van der Waals surface area contributed by atoms with Gasteiger partial charge in [0.25, 0.3) is 5.56 Å². The maximum Gasteiger partial charge on any atom is 0.265 e. The molecule has 0 radical (unpaired) electrons. The summed E-state index contributed by atoms with van der Waals surface area (Å²) in [5.41, 5.74) is 0.788. The Balaban J connectivity index is 2.02. The molecular formula is C22H17NO6S. The van der Waals surface area contributed by atoms with Crippen molar-refractivity contribution in [1.82, 2.24) is 4.57 Å². The van der Waals surface area contributed by atoms with E-state index in [2.05, 4.69) is 0 Å². The number of fused-ring (bicyclic) bond motifs is 1. The largest absolute Gasteiger partial charge is 0.508 e. The smallest absolute Gasteiger partial charge is 0.265 e. The summed E-state index contributed by atoms with van der Waals surface area (Å²) in [6.45, 7) is 0. The van der Waals surface area contributed by atoms with Crippen LogP contribution in [0.1, 0.15) is 0 Å². The highest BCUT2D eigenvalue weighted by molar-refractivity contribution is 7.91. The number of sulfone groups is 1. The average molecular weight is 423 g/mol. The molecule has 0 bridgehead atoms. The highest BCUT2D eigenvalue weighted by atomic mass is 32.2. The van der Waals surface area contributed by atoms with Gasteiger partial charge in [-0.3, -0.25) is 4.79 Å². The summed E-state index contributed by atoms with van der Waals surface area (Å²) >= 11 is 0. The quantitative estimate of drug-likeness (QED) is 0.465. The third-order valence-electron chi connectivity index (χ3n) is 4.85. The monoisotopic (exact) mass is 423 g/mol. The minimum Gasteiger partial charge on any atom is -0.508 e. The standard InChI is InChI=1S/C22H17NO6S/c24-13-30(28,29)17-11-7-15(8-12-17)23-21(26)19-4-2-1-3-18(19)20(22(23)27)14-5-9-16(25)10-6-14/h1-12,24-25,27H,13H2. The summed E-state index contributed by atoms with van der Waals surface area (Å²) in [5.74, 6) is -1.28. The summed E-state index contributed by atoms with van der Waals surface area (Å²) in [7, 11) is -3.83. The Morgan fingerprint density at radius 1 is 0.800 bits per heavy atom. The van der Waals surface area contributed by atoms with Gasteiger partial charge in [0, 0.05) is 10.8 Å². The van der Waals surface area contributed by atoms with E-state index < -0.39 is 21.3 Å². The molecule has 1 heterocycles. The Morgan fingerprint density at radius 2 is 1.40 bits per heavy atom. The van der Waals surface area contributed by atoms with Crippen LogP contribution < -0.4 is 5.56 Å². The Kier molecular flexibility index (Phi) is 4.81. The van der Waals surface area contributed by atoms with Crippen molar-refractivity contribution in [3.05, 3.63) is 83.2 Å². The molecule has 30 heavy (non-hydrogen) atoms. The van der Waals surface area contributed by atoms with Gasteiger partial charge in [0.1, 0.15) is 11.7 Å². The molecule has 0 spiro atoms. The first-order valence-corrected chi connectivity index (χ1v) is 10.6. The third kappa shape index (κ3) is 3.22. The summed E-state index contributed by atoms with van der Waals surface area (Å²) in [6, 6.07) is 18.4. The average Bonchev–Trinajstić information content (AvgIpc) is 2.75. The number of rotatable bonds is 4. The van der Waals surface area contributed by atoms with Gasteiger partial charge in [-0.15, -0.1) is 0 Å². The van der Waals surface area contributed by atoms with Gasteiger partial charge in [0.15, 0.2) is 0 Å². The van der Waals surface area contributed by atoms with E-state index in [4.69, 9.17) is 5.11 Å². The number of pyridine rings is 1. The number of phenolic OH excluding ortho intramolecular Hbond substituents is 1. The fraction of sp³-hybridized carbons (Fsp3) is 0.0455. The Morgan fingerprint density at radius 3 is 2.00 bits per heavy atom. The molecule has 7 nitrogen and oxygen atoms in total. The number of hydrogen-bond donors (Lipinski definition) is 3. The number of nitrogens with zero attached hydrogens (tertiary/aromatic N) is 1. The van der Waals surface area contributed by atoms with Crippen molar-refractivity contribution in [3.8, 4) is 28.4 Å². The summed E-state index contributed by atoms with van der Waals surface area (Å²) in [5, 5.41) is 30.6. The second-order valence-electron chi connectivity index (χ2n) is 6.67. The van der Waals surface area contributed by atoms with E-state index in [-0.39, 0.29) is 22.2 Å². The van der Waals surface area contributed by atoms with Crippen molar-refractivity contribution in [2.24, 2.45) is 0 Å². The van der Waals surface area contributed by atoms with Crippen LogP contribution in [0.15, 0.2) is 82.5 Å². The highest BCUT2D eigenvalue weighted by Gasteiger charge is 2.19. The molecule has 0 saturated carbocycles. The molecule has 8 heteroatoms. The fourth-order valence-corrected chi connectivity index (χ4v) is 4.07. The van der Waals surface area contributed by atoms with E-state index in [1.807, 2.05) is 0 Å². The first-order valence-electron chi connectivity index (χ1n) is 8.93. The molecular weight excluding hydrogens is 406 g/mol. The lowest BCUT2D eigenvalue weighted by atomic mass is 9.99. The van der Waals surface area contributed by atoms with Crippen LogP contribution in [0.4, 0.5) is 0 Å². The van der Waals surface area contributed by atoms with Gasteiger partial charge in [-0.05, 0) is 48.0 Å². The molecule has 0 amide bonds. The highest BCUT2D eigenvalue weighted by Crippen LogP contribution is 2.36. The van der Waals surface area contributed by atoms with Crippen LogP contribution in [0.3, 0.4) is 0 Å².